The van der Waals surface area contributed by atoms with E-state index in [1.165, 1.54) is 10.7 Å². The van der Waals surface area contributed by atoms with E-state index in [4.69, 9.17) is 0 Å². The molecule has 0 radical (unpaired) electrons. The molecule has 7 heteroatoms. The van der Waals surface area contributed by atoms with Crippen LogP contribution in [0.2, 0.25) is 0 Å². The van der Waals surface area contributed by atoms with E-state index in [1.54, 1.807) is 0 Å². The first-order valence-corrected chi connectivity index (χ1v) is 7.64. The Bertz CT molecular complexity index is 557. The highest BCUT2D eigenvalue weighted by Gasteiger charge is 2.26. The molecule has 0 aliphatic carbocycles. The van der Waals surface area contributed by atoms with Gasteiger partial charge in [-0.1, -0.05) is 27.7 Å². The lowest BCUT2D eigenvalue weighted by atomic mass is 9.93. The van der Waals surface area contributed by atoms with Crippen LogP contribution >= 0.6 is 0 Å². The SMILES string of the molecule is CC(C)C(NC(=O)c1cc2n(n1)CC(O)CNC2=O)C(C)C. The van der Waals surface area contributed by atoms with Crippen molar-refractivity contribution in [1.29, 1.82) is 0 Å². The largest absolute Gasteiger partial charge is 0.389 e. The number of hydrogen-bond donors (Lipinski definition) is 3. The van der Waals surface area contributed by atoms with Crippen molar-refractivity contribution in [3.05, 3.63) is 17.5 Å². The molecule has 0 saturated carbocycles. The molecule has 7 nitrogen and oxygen atoms in total. The van der Waals surface area contributed by atoms with Gasteiger partial charge in [0, 0.05) is 18.7 Å². The van der Waals surface area contributed by atoms with Crippen LogP contribution in [0.15, 0.2) is 6.07 Å². The van der Waals surface area contributed by atoms with E-state index in [1.807, 2.05) is 0 Å². The van der Waals surface area contributed by atoms with Gasteiger partial charge in [-0.25, -0.2) is 0 Å². The van der Waals surface area contributed by atoms with Crippen molar-refractivity contribution in [1.82, 2.24) is 20.4 Å². The Hall–Kier alpha value is -1.89. The molecule has 122 valence electrons. The highest BCUT2D eigenvalue weighted by Crippen LogP contribution is 2.14. The molecule has 0 bridgehead atoms. The number of aromatic nitrogens is 2. The molecule has 1 aromatic heterocycles. The fourth-order valence-electron chi connectivity index (χ4n) is 2.74. The Kier molecular flexibility index (Phi) is 4.85. The number of nitrogens with one attached hydrogen (secondary N) is 2. The van der Waals surface area contributed by atoms with Gasteiger partial charge in [-0.2, -0.15) is 5.10 Å². The fourth-order valence-corrected chi connectivity index (χ4v) is 2.74. The minimum atomic E-state index is -0.708. The summed E-state index contributed by atoms with van der Waals surface area (Å²) in [6.07, 6.45) is -0.708. The Morgan fingerprint density at radius 2 is 2.05 bits per heavy atom. The van der Waals surface area contributed by atoms with Crippen LogP contribution in [0.1, 0.15) is 48.7 Å². The Balaban J connectivity index is 2.20. The number of carbonyl (C=O) groups excluding carboxylic acids is 2. The molecule has 2 rings (SSSR count). The number of aliphatic hydroxyl groups is 1. The summed E-state index contributed by atoms with van der Waals surface area (Å²) in [7, 11) is 0. The van der Waals surface area contributed by atoms with Crippen LogP contribution in [0.3, 0.4) is 0 Å². The summed E-state index contributed by atoms with van der Waals surface area (Å²) in [6, 6.07) is 1.51. The van der Waals surface area contributed by atoms with E-state index in [0.29, 0.717) is 17.5 Å². The summed E-state index contributed by atoms with van der Waals surface area (Å²) in [4.78, 5) is 24.3. The maximum Gasteiger partial charge on any atom is 0.272 e. The molecule has 1 aliphatic heterocycles. The molecule has 0 spiro atoms. The predicted molar refractivity (Wildman–Crippen MR) is 81.5 cm³/mol. The van der Waals surface area contributed by atoms with Crippen molar-refractivity contribution >= 4 is 11.8 Å². The molecule has 1 atom stereocenters. The second-order valence-electron chi connectivity index (χ2n) is 6.45. The first kappa shape index (κ1) is 16.5. The minimum absolute atomic E-state index is 0.0356. The Labute approximate surface area is 130 Å². The average Bonchev–Trinajstić information content (AvgIpc) is 2.79. The molecule has 2 amide bonds. The van der Waals surface area contributed by atoms with E-state index in [-0.39, 0.29) is 36.6 Å². The number of amides is 2. The van der Waals surface area contributed by atoms with Crippen molar-refractivity contribution in [3.63, 3.8) is 0 Å². The highest BCUT2D eigenvalue weighted by molar-refractivity contribution is 5.98. The summed E-state index contributed by atoms with van der Waals surface area (Å²) in [5.41, 5.74) is 0.498. The number of hydrogen-bond acceptors (Lipinski definition) is 4. The predicted octanol–water partition coefficient (Wildman–Crippen LogP) is 0.398. The van der Waals surface area contributed by atoms with Crippen LogP contribution in [-0.4, -0.2) is 45.4 Å². The third-order valence-electron chi connectivity index (χ3n) is 3.86. The van der Waals surface area contributed by atoms with Gasteiger partial charge in [-0.15, -0.1) is 0 Å². The van der Waals surface area contributed by atoms with E-state index < -0.39 is 6.10 Å². The molecule has 0 saturated heterocycles. The van der Waals surface area contributed by atoms with Crippen molar-refractivity contribution < 1.29 is 14.7 Å². The smallest absolute Gasteiger partial charge is 0.272 e. The van der Waals surface area contributed by atoms with Gasteiger partial charge in [-0.05, 0) is 11.8 Å². The van der Waals surface area contributed by atoms with Gasteiger partial charge in [0.2, 0.25) is 0 Å². The standard InChI is InChI=1S/C15H24N4O3/c1-8(2)13(9(3)4)17-14(21)11-5-12-15(22)16-6-10(20)7-19(12)18-11/h5,8-10,13,20H,6-7H2,1-4H3,(H,16,22)(H,17,21). The lowest BCUT2D eigenvalue weighted by molar-refractivity contribution is 0.0903. The number of aliphatic hydroxyl groups excluding tert-OH is 1. The second kappa shape index (κ2) is 6.48. The van der Waals surface area contributed by atoms with Gasteiger partial charge in [-0.3, -0.25) is 14.3 Å². The van der Waals surface area contributed by atoms with Gasteiger partial charge in [0.15, 0.2) is 5.69 Å². The highest BCUT2D eigenvalue weighted by atomic mass is 16.3. The molecule has 3 N–H and O–H groups in total. The van der Waals surface area contributed by atoms with Gasteiger partial charge >= 0.3 is 0 Å². The van der Waals surface area contributed by atoms with Gasteiger partial charge in [0.25, 0.3) is 11.8 Å². The molecule has 1 aliphatic rings. The number of rotatable bonds is 4. The van der Waals surface area contributed by atoms with E-state index in [2.05, 4.69) is 43.4 Å². The monoisotopic (exact) mass is 308 g/mol. The molecule has 0 fully saturated rings. The normalized spacial score (nSPS) is 18.4. The maximum absolute atomic E-state index is 12.4. The third kappa shape index (κ3) is 3.47. The molecule has 2 heterocycles. The maximum atomic E-state index is 12.4. The number of β-amino-alcohol motifs (C(OH)–C–C–N with tert-alkyl or cyclic N) is 1. The molecular weight excluding hydrogens is 284 g/mol. The number of nitrogens with zero attached hydrogens (tertiary/aromatic N) is 2. The summed E-state index contributed by atoms with van der Waals surface area (Å²) >= 11 is 0. The number of fused-ring (bicyclic) bond motifs is 1. The van der Waals surface area contributed by atoms with Crippen molar-refractivity contribution in [2.24, 2.45) is 11.8 Å². The first-order chi connectivity index (χ1) is 10.3. The molecule has 1 aromatic rings. The average molecular weight is 308 g/mol. The third-order valence-corrected chi connectivity index (χ3v) is 3.86. The van der Waals surface area contributed by atoms with Gasteiger partial charge < -0.3 is 15.7 Å². The quantitative estimate of drug-likeness (QED) is 0.750. The molecular formula is C15H24N4O3. The number of carbonyl (C=O) groups is 2. The van der Waals surface area contributed by atoms with Crippen molar-refractivity contribution in [2.45, 2.75) is 46.4 Å². The Morgan fingerprint density at radius 1 is 1.41 bits per heavy atom. The lowest BCUT2D eigenvalue weighted by Crippen LogP contribution is -2.42. The summed E-state index contributed by atoms with van der Waals surface area (Å²) in [6.45, 7) is 8.59. The lowest BCUT2D eigenvalue weighted by Gasteiger charge is -2.25. The molecule has 0 aromatic carbocycles. The van der Waals surface area contributed by atoms with Crippen LogP contribution in [-0.2, 0) is 6.54 Å². The topological polar surface area (TPSA) is 96.2 Å². The zero-order valence-corrected chi connectivity index (χ0v) is 13.5. The molecule has 1 unspecified atom stereocenters. The zero-order chi connectivity index (χ0) is 16.4. The summed E-state index contributed by atoms with van der Waals surface area (Å²) in [5, 5.41) is 19.5. The van der Waals surface area contributed by atoms with Crippen LogP contribution in [0.5, 0.6) is 0 Å². The Morgan fingerprint density at radius 3 is 2.64 bits per heavy atom. The van der Waals surface area contributed by atoms with Crippen LogP contribution < -0.4 is 10.6 Å². The summed E-state index contributed by atoms with van der Waals surface area (Å²) < 4.78 is 1.39. The summed E-state index contributed by atoms with van der Waals surface area (Å²) in [5.74, 6) is -0.0216. The van der Waals surface area contributed by atoms with Crippen molar-refractivity contribution in [2.75, 3.05) is 6.54 Å². The first-order valence-electron chi connectivity index (χ1n) is 7.64. The molecule has 22 heavy (non-hydrogen) atoms. The van der Waals surface area contributed by atoms with E-state index >= 15 is 0 Å². The van der Waals surface area contributed by atoms with Gasteiger partial charge in [0.1, 0.15) is 5.69 Å². The van der Waals surface area contributed by atoms with Crippen molar-refractivity contribution in [3.8, 4) is 0 Å². The van der Waals surface area contributed by atoms with Crippen LogP contribution in [0, 0.1) is 11.8 Å². The van der Waals surface area contributed by atoms with Crippen LogP contribution in [0.25, 0.3) is 0 Å². The second-order valence-corrected chi connectivity index (χ2v) is 6.45. The van der Waals surface area contributed by atoms with Gasteiger partial charge in [0.05, 0.1) is 12.6 Å². The zero-order valence-electron chi connectivity index (χ0n) is 13.5. The van der Waals surface area contributed by atoms with Crippen LogP contribution in [0.4, 0.5) is 0 Å². The van der Waals surface area contributed by atoms with E-state index in [9.17, 15) is 14.7 Å². The fraction of sp³-hybridized carbons (Fsp3) is 0.667. The van der Waals surface area contributed by atoms with E-state index in [0.717, 1.165) is 0 Å². The minimum Gasteiger partial charge on any atom is -0.389 e.